The van der Waals surface area contributed by atoms with Crippen LogP contribution in [0.2, 0.25) is 0 Å². The number of ether oxygens (including phenoxy) is 3. The topological polar surface area (TPSA) is 64.1 Å². The molecule has 2 rings (SSSR count). The molecule has 1 aliphatic carbocycles. The van der Waals surface area contributed by atoms with Gasteiger partial charge in [0.2, 0.25) is 0 Å². The first-order chi connectivity index (χ1) is 10.8. The van der Waals surface area contributed by atoms with Crippen molar-refractivity contribution in [3.8, 4) is 0 Å². The third kappa shape index (κ3) is 6.10. The molecule has 2 aliphatic rings. The molecule has 0 bridgehead atoms. The SMILES string of the molecule is CN=C(NCCCOCC1CC1)NCC1(OC)CCOCC1. The van der Waals surface area contributed by atoms with E-state index in [9.17, 15) is 0 Å². The Morgan fingerprint density at radius 3 is 2.68 bits per heavy atom. The van der Waals surface area contributed by atoms with Gasteiger partial charge >= 0.3 is 0 Å². The Bertz CT molecular complexity index is 340. The van der Waals surface area contributed by atoms with Crippen LogP contribution in [0, 0.1) is 5.92 Å². The molecule has 1 heterocycles. The fourth-order valence-corrected chi connectivity index (χ4v) is 2.58. The predicted octanol–water partition coefficient (Wildman–Crippen LogP) is 1.16. The lowest BCUT2D eigenvalue weighted by atomic mass is 9.94. The molecule has 6 heteroatoms. The molecule has 2 fully saturated rings. The minimum Gasteiger partial charge on any atom is -0.381 e. The van der Waals surface area contributed by atoms with Gasteiger partial charge in [0, 0.05) is 66.5 Å². The van der Waals surface area contributed by atoms with Crippen molar-refractivity contribution in [2.75, 3.05) is 53.7 Å². The number of nitrogens with one attached hydrogen (secondary N) is 2. The molecule has 0 aromatic carbocycles. The third-order valence-electron chi connectivity index (χ3n) is 4.45. The summed E-state index contributed by atoms with van der Waals surface area (Å²) >= 11 is 0. The summed E-state index contributed by atoms with van der Waals surface area (Å²) in [7, 11) is 3.57. The Morgan fingerprint density at radius 2 is 2.05 bits per heavy atom. The molecule has 2 N–H and O–H groups in total. The van der Waals surface area contributed by atoms with Gasteiger partial charge in [0.1, 0.15) is 0 Å². The van der Waals surface area contributed by atoms with E-state index in [0.717, 1.165) is 70.7 Å². The smallest absolute Gasteiger partial charge is 0.191 e. The average Bonchev–Trinajstić information content (AvgIpc) is 3.38. The quantitative estimate of drug-likeness (QED) is 0.380. The highest BCUT2D eigenvalue weighted by molar-refractivity contribution is 5.79. The fourth-order valence-electron chi connectivity index (χ4n) is 2.58. The van der Waals surface area contributed by atoms with Crippen LogP contribution in [-0.2, 0) is 14.2 Å². The summed E-state index contributed by atoms with van der Waals surface area (Å²) in [5, 5.41) is 6.69. The first-order valence-electron chi connectivity index (χ1n) is 8.43. The number of methoxy groups -OCH3 is 1. The van der Waals surface area contributed by atoms with Crippen LogP contribution in [0.5, 0.6) is 0 Å². The van der Waals surface area contributed by atoms with E-state index in [0.29, 0.717) is 0 Å². The lowest BCUT2D eigenvalue weighted by Crippen LogP contribution is -2.50. The Balaban J connectivity index is 1.57. The molecule has 22 heavy (non-hydrogen) atoms. The van der Waals surface area contributed by atoms with Crippen molar-refractivity contribution in [2.24, 2.45) is 10.9 Å². The van der Waals surface area contributed by atoms with Crippen LogP contribution in [0.25, 0.3) is 0 Å². The van der Waals surface area contributed by atoms with E-state index in [1.54, 1.807) is 14.2 Å². The molecule has 6 nitrogen and oxygen atoms in total. The molecule has 0 amide bonds. The number of aliphatic imine (C=N–C) groups is 1. The zero-order valence-electron chi connectivity index (χ0n) is 14.0. The number of hydrogen-bond donors (Lipinski definition) is 2. The highest BCUT2D eigenvalue weighted by Gasteiger charge is 2.32. The lowest BCUT2D eigenvalue weighted by molar-refractivity contribution is -0.0855. The standard InChI is InChI=1S/C16H31N3O3/c1-17-15(18-8-3-9-22-12-14-4-5-14)19-13-16(20-2)6-10-21-11-7-16/h14H,3-13H2,1-2H3,(H2,17,18,19). The molecule has 0 aromatic heterocycles. The maximum atomic E-state index is 5.71. The van der Waals surface area contributed by atoms with Crippen molar-refractivity contribution < 1.29 is 14.2 Å². The molecule has 0 radical (unpaired) electrons. The molecule has 1 saturated carbocycles. The minimum absolute atomic E-state index is 0.136. The predicted molar refractivity (Wildman–Crippen MR) is 87.3 cm³/mol. The number of guanidine groups is 1. The second kappa shape index (κ2) is 9.33. The van der Waals surface area contributed by atoms with E-state index in [1.807, 2.05) is 0 Å². The van der Waals surface area contributed by atoms with Gasteiger partial charge in [0.05, 0.1) is 5.60 Å². The second-order valence-corrected chi connectivity index (χ2v) is 6.22. The van der Waals surface area contributed by atoms with Gasteiger partial charge < -0.3 is 24.8 Å². The van der Waals surface area contributed by atoms with Gasteiger partial charge in [-0.15, -0.1) is 0 Å². The van der Waals surface area contributed by atoms with E-state index in [1.165, 1.54) is 12.8 Å². The van der Waals surface area contributed by atoms with Crippen LogP contribution in [-0.4, -0.2) is 65.2 Å². The number of nitrogens with zero attached hydrogens (tertiary/aromatic N) is 1. The van der Waals surface area contributed by atoms with Crippen molar-refractivity contribution in [1.82, 2.24) is 10.6 Å². The molecule has 1 saturated heterocycles. The van der Waals surface area contributed by atoms with Crippen molar-refractivity contribution in [3.63, 3.8) is 0 Å². The van der Waals surface area contributed by atoms with Crippen LogP contribution >= 0.6 is 0 Å². The highest BCUT2D eigenvalue weighted by atomic mass is 16.5. The fraction of sp³-hybridized carbons (Fsp3) is 0.938. The van der Waals surface area contributed by atoms with Gasteiger partial charge in [-0.1, -0.05) is 0 Å². The Labute approximate surface area is 134 Å². The maximum Gasteiger partial charge on any atom is 0.191 e. The van der Waals surface area contributed by atoms with Crippen LogP contribution < -0.4 is 10.6 Å². The molecule has 0 atom stereocenters. The number of hydrogen-bond acceptors (Lipinski definition) is 4. The van der Waals surface area contributed by atoms with Crippen LogP contribution in [0.3, 0.4) is 0 Å². The summed E-state index contributed by atoms with van der Waals surface area (Å²) in [6.45, 7) is 4.91. The van der Waals surface area contributed by atoms with Gasteiger partial charge in [0.25, 0.3) is 0 Å². The first-order valence-corrected chi connectivity index (χ1v) is 8.43. The first kappa shape index (κ1) is 17.5. The van der Waals surface area contributed by atoms with Crippen molar-refractivity contribution in [2.45, 2.75) is 37.7 Å². The molecular weight excluding hydrogens is 282 g/mol. The van der Waals surface area contributed by atoms with E-state index in [2.05, 4.69) is 15.6 Å². The zero-order valence-corrected chi connectivity index (χ0v) is 14.0. The zero-order chi connectivity index (χ0) is 15.7. The van der Waals surface area contributed by atoms with Crippen molar-refractivity contribution in [1.29, 1.82) is 0 Å². The monoisotopic (exact) mass is 313 g/mol. The van der Waals surface area contributed by atoms with Crippen LogP contribution in [0.15, 0.2) is 4.99 Å². The average molecular weight is 313 g/mol. The maximum absolute atomic E-state index is 5.71. The summed E-state index contributed by atoms with van der Waals surface area (Å²) in [4.78, 5) is 4.26. The molecule has 128 valence electrons. The molecule has 0 unspecified atom stereocenters. The van der Waals surface area contributed by atoms with E-state index < -0.39 is 0 Å². The normalized spacial score (nSPS) is 21.6. The summed E-state index contributed by atoms with van der Waals surface area (Å²) in [6, 6.07) is 0. The second-order valence-electron chi connectivity index (χ2n) is 6.22. The van der Waals surface area contributed by atoms with Gasteiger partial charge in [-0.05, 0) is 25.2 Å². The Hall–Kier alpha value is -0.850. The minimum atomic E-state index is -0.136. The lowest BCUT2D eigenvalue weighted by Gasteiger charge is -2.36. The Kier molecular flexibility index (Phi) is 7.42. The molecule has 0 spiro atoms. The molecular formula is C16H31N3O3. The Morgan fingerprint density at radius 1 is 1.27 bits per heavy atom. The van der Waals surface area contributed by atoms with Crippen LogP contribution in [0.1, 0.15) is 32.1 Å². The summed E-state index contributed by atoms with van der Waals surface area (Å²) in [5.41, 5.74) is -0.136. The van der Waals surface area contributed by atoms with Crippen molar-refractivity contribution >= 4 is 5.96 Å². The van der Waals surface area contributed by atoms with Gasteiger partial charge in [0.15, 0.2) is 5.96 Å². The summed E-state index contributed by atoms with van der Waals surface area (Å²) in [5.74, 6) is 1.66. The van der Waals surface area contributed by atoms with E-state index >= 15 is 0 Å². The highest BCUT2D eigenvalue weighted by Crippen LogP contribution is 2.28. The van der Waals surface area contributed by atoms with Crippen LogP contribution in [0.4, 0.5) is 0 Å². The van der Waals surface area contributed by atoms with Gasteiger partial charge in [-0.3, -0.25) is 4.99 Å². The molecule has 0 aromatic rings. The van der Waals surface area contributed by atoms with E-state index in [-0.39, 0.29) is 5.60 Å². The molecule has 1 aliphatic heterocycles. The summed E-state index contributed by atoms with van der Waals surface area (Å²) < 4.78 is 16.8. The van der Waals surface area contributed by atoms with E-state index in [4.69, 9.17) is 14.2 Å². The van der Waals surface area contributed by atoms with Gasteiger partial charge in [-0.2, -0.15) is 0 Å². The third-order valence-corrected chi connectivity index (χ3v) is 4.45. The largest absolute Gasteiger partial charge is 0.381 e. The van der Waals surface area contributed by atoms with Gasteiger partial charge in [-0.25, -0.2) is 0 Å². The van der Waals surface area contributed by atoms with Crippen molar-refractivity contribution in [3.05, 3.63) is 0 Å². The number of rotatable bonds is 9. The summed E-state index contributed by atoms with van der Waals surface area (Å²) in [6.07, 6.45) is 5.53.